The molecule has 0 radical (unpaired) electrons. The van der Waals surface area contributed by atoms with Crippen molar-refractivity contribution < 1.29 is 4.79 Å². The summed E-state index contributed by atoms with van der Waals surface area (Å²) in [6.07, 6.45) is 7.68. The largest absolute Gasteiger partial charge is 0.327 e. The summed E-state index contributed by atoms with van der Waals surface area (Å²) in [6, 6.07) is 0. The fourth-order valence-electron chi connectivity index (χ4n) is 0.776. The van der Waals surface area contributed by atoms with E-state index in [-0.39, 0.29) is 5.91 Å². The monoisotopic (exact) mass is 194 g/mol. The molecule has 1 aromatic heterocycles. The van der Waals surface area contributed by atoms with Crippen LogP contribution in [-0.4, -0.2) is 10.5 Å². The molecule has 1 amide bonds. The Morgan fingerprint density at radius 3 is 3.15 bits per heavy atom. The summed E-state index contributed by atoms with van der Waals surface area (Å²) in [7, 11) is 1.85. The SMILES string of the molecule is C#CCCC(=O)N=c1sccn1C. The smallest absolute Gasteiger partial charge is 0.249 e. The average Bonchev–Trinajstić information content (AvgIpc) is 2.48. The van der Waals surface area contributed by atoms with E-state index in [4.69, 9.17) is 6.42 Å². The summed E-state index contributed by atoms with van der Waals surface area (Å²) in [6.45, 7) is 0. The number of carbonyl (C=O) groups is 1. The van der Waals surface area contributed by atoms with Gasteiger partial charge >= 0.3 is 0 Å². The first-order valence-corrected chi connectivity index (χ1v) is 4.73. The van der Waals surface area contributed by atoms with Crippen LogP contribution in [0.2, 0.25) is 0 Å². The molecule has 3 nitrogen and oxygen atoms in total. The van der Waals surface area contributed by atoms with E-state index in [1.807, 2.05) is 18.6 Å². The van der Waals surface area contributed by atoms with Gasteiger partial charge in [-0.05, 0) is 0 Å². The second-order valence-electron chi connectivity index (χ2n) is 2.51. The second-order valence-corrected chi connectivity index (χ2v) is 3.38. The van der Waals surface area contributed by atoms with Gasteiger partial charge in [0.05, 0.1) is 0 Å². The van der Waals surface area contributed by atoms with Gasteiger partial charge in [0.1, 0.15) is 0 Å². The Morgan fingerprint density at radius 2 is 2.62 bits per heavy atom. The van der Waals surface area contributed by atoms with Gasteiger partial charge in [0.15, 0.2) is 4.80 Å². The molecule has 0 aliphatic heterocycles. The van der Waals surface area contributed by atoms with E-state index >= 15 is 0 Å². The van der Waals surface area contributed by atoms with Gasteiger partial charge in [-0.15, -0.1) is 23.7 Å². The molecule has 0 bridgehead atoms. The number of thiazole rings is 1. The molecule has 0 unspecified atom stereocenters. The normalized spacial score (nSPS) is 11.2. The summed E-state index contributed by atoms with van der Waals surface area (Å²) in [5.41, 5.74) is 0. The van der Waals surface area contributed by atoms with Crippen LogP contribution in [0.3, 0.4) is 0 Å². The molecule has 1 aromatic rings. The van der Waals surface area contributed by atoms with Gasteiger partial charge in [-0.1, -0.05) is 0 Å². The molecular formula is C9H10N2OS. The van der Waals surface area contributed by atoms with E-state index in [1.165, 1.54) is 11.3 Å². The number of amides is 1. The van der Waals surface area contributed by atoms with E-state index < -0.39 is 0 Å². The maximum Gasteiger partial charge on any atom is 0.249 e. The minimum Gasteiger partial charge on any atom is -0.327 e. The van der Waals surface area contributed by atoms with Crippen molar-refractivity contribution in [1.29, 1.82) is 0 Å². The molecular weight excluding hydrogens is 184 g/mol. The number of nitrogens with zero attached hydrogens (tertiary/aromatic N) is 2. The molecule has 0 spiro atoms. The zero-order valence-electron chi connectivity index (χ0n) is 7.36. The highest BCUT2D eigenvalue weighted by Gasteiger charge is 1.97. The Labute approximate surface area is 80.7 Å². The molecule has 68 valence electrons. The predicted molar refractivity (Wildman–Crippen MR) is 51.9 cm³/mol. The van der Waals surface area contributed by atoms with Crippen molar-refractivity contribution in [3.63, 3.8) is 0 Å². The van der Waals surface area contributed by atoms with E-state index in [2.05, 4.69) is 10.9 Å². The number of rotatable bonds is 2. The molecule has 4 heteroatoms. The average molecular weight is 194 g/mol. The van der Waals surface area contributed by atoms with Crippen molar-refractivity contribution in [1.82, 2.24) is 4.57 Å². The maximum absolute atomic E-state index is 11.2. The summed E-state index contributed by atoms with van der Waals surface area (Å²) in [5.74, 6) is 2.25. The molecule has 0 saturated heterocycles. The zero-order valence-corrected chi connectivity index (χ0v) is 8.17. The summed E-state index contributed by atoms with van der Waals surface area (Å²) in [4.78, 5) is 15.8. The van der Waals surface area contributed by atoms with Crippen LogP contribution in [0.25, 0.3) is 0 Å². The van der Waals surface area contributed by atoms with Crippen molar-refractivity contribution in [3.05, 3.63) is 16.4 Å². The van der Waals surface area contributed by atoms with Crippen molar-refractivity contribution in [3.8, 4) is 12.3 Å². The van der Waals surface area contributed by atoms with Crippen LogP contribution in [0, 0.1) is 12.3 Å². The van der Waals surface area contributed by atoms with Gasteiger partial charge in [-0.25, -0.2) is 0 Å². The standard InChI is InChI=1S/C9H10N2OS/c1-3-4-5-8(12)10-9-11(2)6-7-13-9/h1,6-7H,4-5H2,2H3. The van der Waals surface area contributed by atoms with E-state index in [0.29, 0.717) is 17.6 Å². The van der Waals surface area contributed by atoms with Gasteiger partial charge in [0.25, 0.3) is 0 Å². The lowest BCUT2D eigenvalue weighted by molar-refractivity contribution is -0.118. The molecule has 13 heavy (non-hydrogen) atoms. The lowest BCUT2D eigenvalue weighted by atomic mass is 10.3. The number of aryl methyl sites for hydroxylation is 1. The highest BCUT2D eigenvalue weighted by Crippen LogP contribution is 1.91. The fraction of sp³-hybridized carbons (Fsp3) is 0.333. The molecule has 1 rings (SSSR count). The van der Waals surface area contributed by atoms with Gasteiger partial charge in [-0.3, -0.25) is 4.79 Å². The third kappa shape index (κ3) is 2.88. The molecule has 0 aromatic carbocycles. The predicted octanol–water partition coefficient (Wildman–Crippen LogP) is 0.927. The fourth-order valence-corrected chi connectivity index (χ4v) is 1.52. The molecule has 0 saturated carbocycles. The Balaban J connectivity index is 2.73. The Morgan fingerprint density at radius 1 is 1.85 bits per heavy atom. The van der Waals surface area contributed by atoms with Crippen molar-refractivity contribution in [2.75, 3.05) is 0 Å². The molecule has 0 aliphatic rings. The van der Waals surface area contributed by atoms with Crippen LogP contribution < -0.4 is 4.80 Å². The number of terminal acetylenes is 1. The zero-order chi connectivity index (χ0) is 9.68. The number of carbonyl (C=O) groups excluding carboxylic acids is 1. The first-order chi connectivity index (χ1) is 6.24. The molecule has 0 fully saturated rings. The molecule has 1 heterocycles. The number of hydrogen-bond donors (Lipinski definition) is 0. The van der Waals surface area contributed by atoms with Gasteiger partial charge in [0.2, 0.25) is 5.91 Å². The van der Waals surface area contributed by atoms with Crippen molar-refractivity contribution in [2.45, 2.75) is 12.8 Å². The third-order valence-electron chi connectivity index (χ3n) is 1.46. The van der Waals surface area contributed by atoms with E-state index in [0.717, 1.165) is 0 Å². The summed E-state index contributed by atoms with van der Waals surface area (Å²) in [5, 5.41) is 1.88. The van der Waals surface area contributed by atoms with E-state index in [9.17, 15) is 4.79 Å². The first kappa shape index (κ1) is 9.75. The molecule has 0 atom stereocenters. The van der Waals surface area contributed by atoms with Crippen LogP contribution >= 0.6 is 11.3 Å². The van der Waals surface area contributed by atoms with Crippen LogP contribution in [0.15, 0.2) is 16.6 Å². The summed E-state index contributed by atoms with van der Waals surface area (Å²) < 4.78 is 1.80. The third-order valence-corrected chi connectivity index (χ3v) is 2.31. The Hall–Kier alpha value is -1.34. The lowest BCUT2D eigenvalue weighted by Gasteiger charge is -1.89. The van der Waals surface area contributed by atoms with E-state index in [1.54, 1.807) is 4.57 Å². The number of hydrogen-bond acceptors (Lipinski definition) is 2. The second kappa shape index (κ2) is 4.63. The van der Waals surface area contributed by atoms with Crippen LogP contribution in [0.5, 0.6) is 0 Å². The van der Waals surface area contributed by atoms with Crippen LogP contribution in [-0.2, 0) is 11.8 Å². The summed E-state index contributed by atoms with van der Waals surface area (Å²) >= 11 is 1.44. The molecule has 0 aliphatic carbocycles. The Bertz CT molecular complexity index is 394. The van der Waals surface area contributed by atoms with Crippen molar-refractivity contribution >= 4 is 17.2 Å². The highest BCUT2D eigenvalue weighted by atomic mass is 32.1. The van der Waals surface area contributed by atoms with Crippen LogP contribution in [0.1, 0.15) is 12.8 Å². The van der Waals surface area contributed by atoms with Gasteiger partial charge in [0, 0.05) is 31.5 Å². The van der Waals surface area contributed by atoms with Gasteiger partial charge in [-0.2, -0.15) is 4.99 Å². The van der Waals surface area contributed by atoms with Gasteiger partial charge < -0.3 is 4.57 Å². The lowest BCUT2D eigenvalue weighted by Crippen LogP contribution is -2.12. The minimum atomic E-state index is -0.156. The quantitative estimate of drug-likeness (QED) is 0.645. The first-order valence-electron chi connectivity index (χ1n) is 3.85. The maximum atomic E-state index is 11.2. The highest BCUT2D eigenvalue weighted by molar-refractivity contribution is 7.07. The van der Waals surface area contributed by atoms with Crippen LogP contribution in [0.4, 0.5) is 0 Å². The topological polar surface area (TPSA) is 34.4 Å². The minimum absolute atomic E-state index is 0.156. The van der Waals surface area contributed by atoms with Crippen molar-refractivity contribution in [2.24, 2.45) is 12.0 Å². The number of aromatic nitrogens is 1. The molecule has 0 N–H and O–H groups in total. The Kier molecular flexibility index (Phi) is 3.47.